The van der Waals surface area contributed by atoms with Gasteiger partial charge in [-0.25, -0.2) is 9.67 Å². The van der Waals surface area contributed by atoms with E-state index in [-0.39, 0.29) is 0 Å². The van der Waals surface area contributed by atoms with E-state index in [9.17, 15) is 0 Å². The Balaban J connectivity index is 2.90. The van der Waals surface area contributed by atoms with Crippen LogP contribution in [0.2, 0.25) is 0 Å². The molecule has 2 aromatic rings. The Kier molecular flexibility index (Phi) is 0.841. The summed E-state index contributed by atoms with van der Waals surface area (Å²) in [6.45, 7) is 1.89. The van der Waals surface area contributed by atoms with E-state index in [1.165, 1.54) is 0 Å². The third kappa shape index (κ3) is 0.541. The number of hydrogen-bond acceptors (Lipinski definition) is 3. The van der Waals surface area contributed by atoms with Gasteiger partial charge in [-0.3, -0.25) is 0 Å². The molecule has 0 fully saturated rings. The van der Waals surface area contributed by atoms with Gasteiger partial charge in [0.2, 0.25) is 5.65 Å². The van der Waals surface area contributed by atoms with Gasteiger partial charge in [-0.05, 0) is 6.92 Å². The number of nitrogens with zero attached hydrogens (tertiary/aromatic N) is 4. The van der Waals surface area contributed by atoms with Crippen molar-refractivity contribution >= 4 is 11.3 Å². The molecule has 5 nitrogen and oxygen atoms in total. The van der Waals surface area contributed by atoms with Crippen molar-refractivity contribution in [2.24, 2.45) is 7.05 Å². The molecule has 0 aliphatic carbocycles. The van der Waals surface area contributed by atoms with Crippen LogP contribution < -0.4 is 0 Å². The second kappa shape index (κ2) is 1.56. The molecule has 0 aromatic carbocycles. The quantitative estimate of drug-likeness (QED) is 0.556. The van der Waals surface area contributed by atoms with Gasteiger partial charge in [0.05, 0.1) is 0 Å². The van der Waals surface area contributed by atoms with Gasteiger partial charge in [-0.2, -0.15) is 0 Å². The van der Waals surface area contributed by atoms with E-state index in [0.29, 0.717) is 5.65 Å². The zero-order valence-electron chi connectivity index (χ0n) is 5.79. The lowest BCUT2D eigenvalue weighted by Crippen LogP contribution is -1.90. The van der Waals surface area contributed by atoms with Crippen molar-refractivity contribution in [3.05, 3.63) is 5.82 Å². The molecule has 0 spiro atoms. The lowest BCUT2D eigenvalue weighted by atomic mass is 10.7. The first-order valence-electron chi connectivity index (χ1n) is 2.99. The zero-order chi connectivity index (χ0) is 7.14. The molecule has 0 bridgehead atoms. The van der Waals surface area contributed by atoms with Gasteiger partial charge in [0, 0.05) is 7.05 Å². The molecule has 2 heterocycles. The number of nitrogens with one attached hydrogen (secondary N) is 1. The van der Waals surface area contributed by atoms with Crippen LogP contribution >= 0.6 is 0 Å². The topological polar surface area (TPSA) is 59.4 Å². The van der Waals surface area contributed by atoms with E-state index in [2.05, 4.69) is 20.3 Å². The summed E-state index contributed by atoms with van der Waals surface area (Å²) in [4.78, 5) is 7.12. The minimum Gasteiger partial charge on any atom is -0.326 e. The van der Waals surface area contributed by atoms with E-state index in [1.54, 1.807) is 4.68 Å². The monoisotopic (exact) mass is 137 g/mol. The maximum absolute atomic E-state index is 4.08. The molecule has 0 atom stereocenters. The van der Waals surface area contributed by atoms with Crippen molar-refractivity contribution < 1.29 is 0 Å². The van der Waals surface area contributed by atoms with Crippen LogP contribution in [-0.4, -0.2) is 25.0 Å². The van der Waals surface area contributed by atoms with Crippen LogP contribution in [0, 0.1) is 6.92 Å². The Morgan fingerprint density at radius 2 is 2.30 bits per heavy atom. The van der Waals surface area contributed by atoms with E-state index >= 15 is 0 Å². The smallest absolute Gasteiger partial charge is 0.220 e. The molecule has 0 amide bonds. The van der Waals surface area contributed by atoms with Crippen LogP contribution in [0.1, 0.15) is 5.82 Å². The highest BCUT2D eigenvalue weighted by atomic mass is 15.4. The fraction of sp³-hybridized carbons (Fsp3) is 0.400. The second-order valence-electron chi connectivity index (χ2n) is 2.21. The zero-order valence-corrected chi connectivity index (χ0v) is 5.79. The summed E-state index contributed by atoms with van der Waals surface area (Å²) in [5.74, 6) is 0.871. The average Bonchev–Trinajstić information content (AvgIpc) is 2.35. The first-order valence-corrected chi connectivity index (χ1v) is 2.99. The summed E-state index contributed by atoms with van der Waals surface area (Å²) < 4.78 is 1.66. The molecule has 0 unspecified atom stereocenters. The lowest BCUT2D eigenvalue weighted by Gasteiger charge is -1.83. The Bertz CT molecular complexity index is 357. The highest BCUT2D eigenvalue weighted by Gasteiger charge is 2.03. The number of rotatable bonds is 0. The van der Waals surface area contributed by atoms with E-state index < -0.39 is 0 Å². The van der Waals surface area contributed by atoms with Crippen molar-refractivity contribution in [1.29, 1.82) is 0 Å². The van der Waals surface area contributed by atoms with Crippen LogP contribution in [0.4, 0.5) is 0 Å². The third-order valence-electron chi connectivity index (χ3n) is 1.38. The number of aromatic nitrogens is 5. The van der Waals surface area contributed by atoms with Gasteiger partial charge in [0.1, 0.15) is 5.82 Å². The van der Waals surface area contributed by atoms with Crippen LogP contribution in [0.3, 0.4) is 0 Å². The molecule has 2 aromatic heterocycles. The minimum atomic E-state index is 0.681. The Morgan fingerprint density at radius 3 is 3.00 bits per heavy atom. The van der Waals surface area contributed by atoms with Crippen molar-refractivity contribution in [2.75, 3.05) is 0 Å². The van der Waals surface area contributed by atoms with E-state index in [0.717, 1.165) is 11.5 Å². The molecular formula is C5H7N5. The van der Waals surface area contributed by atoms with Gasteiger partial charge >= 0.3 is 0 Å². The number of aromatic amines is 1. The first-order chi connectivity index (χ1) is 4.77. The molecule has 5 heteroatoms. The summed E-state index contributed by atoms with van der Waals surface area (Å²) >= 11 is 0. The Morgan fingerprint density at radius 1 is 1.50 bits per heavy atom. The van der Waals surface area contributed by atoms with Gasteiger partial charge in [0.15, 0.2) is 5.65 Å². The van der Waals surface area contributed by atoms with Crippen molar-refractivity contribution in [2.45, 2.75) is 6.92 Å². The van der Waals surface area contributed by atoms with Crippen LogP contribution in [0.15, 0.2) is 0 Å². The SMILES string of the molecule is Cc1nc2nnn(C)c2[nH]1. The van der Waals surface area contributed by atoms with Gasteiger partial charge in [-0.15, -0.1) is 5.10 Å². The second-order valence-corrected chi connectivity index (χ2v) is 2.21. The largest absolute Gasteiger partial charge is 0.326 e. The summed E-state index contributed by atoms with van der Waals surface area (Å²) in [5.41, 5.74) is 1.55. The van der Waals surface area contributed by atoms with Gasteiger partial charge in [0.25, 0.3) is 0 Å². The lowest BCUT2D eigenvalue weighted by molar-refractivity contribution is 0.725. The fourth-order valence-electron chi connectivity index (χ4n) is 0.917. The Labute approximate surface area is 57.1 Å². The van der Waals surface area contributed by atoms with Crippen LogP contribution in [0.25, 0.3) is 11.3 Å². The molecule has 0 saturated heterocycles. The molecule has 52 valence electrons. The van der Waals surface area contributed by atoms with E-state index in [1.807, 2.05) is 14.0 Å². The number of H-pyrrole nitrogens is 1. The van der Waals surface area contributed by atoms with Gasteiger partial charge < -0.3 is 4.98 Å². The van der Waals surface area contributed by atoms with Crippen molar-refractivity contribution in [3.63, 3.8) is 0 Å². The number of hydrogen-bond donors (Lipinski definition) is 1. The number of imidazole rings is 1. The summed E-state index contributed by atoms with van der Waals surface area (Å²) in [7, 11) is 1.83. The predicted molar refractivity (Wildman–Crippen MR) is 35.4 cm³/mol. The van der Waals surface area contributed by atoms with Crippen molar-refractivity contribution in [3.8, 4) is 0 Å². The maximum Gasteiger partial charge on any atom is 0.220 e. The third-order valence-corrected chi connectivity index (χ3v) is 1.38. The molecule has 10 heavy (non-hydrogen) atoms. The van der Waals surface area contributed by atoms with Crippen LogP contribution in [0.5, 0.6) is 0 Å². The normalized spacial score (nSPS) is 11.0. The fourth-order valence-corrected chi connectivity index (χ4v) is 0.917. The molecule has 0 aliphatic heterocycles. The summed E-state index contributed by atoms with van der Waals surface area (Å²) in [5, 5.41) is 7.58. The first kappa shape index (κ1) is 5.40. The van der Waals surface area contributed by atoms with Gasteiger partial charge in [-0.1, -0.05) is 5.21 Å². The molecular weight excluding hydrogens is 130 g/mol. The average molecular weight is 137 g/mol. The molecule has 0 aliphatic rings. The predicted octanol–water partition coefficient (Wildman–Crippen LogP) is -0.000180. The maximum atomic E-state index is 4.08. The molecule has 0 radical (unpaired) electrons. The summed E-state index contributed by atoms with van der Waals surface area (Å²) in [6.07, 6.45) is 0. The molecule has 1 N–H and O–H groups in total. The molecule has 2 rings (SSSR count). The van der Waals surface area contributed by atoms with Crippen molar-refractivity contribution in [1.82, 2.24) is 25.0 Å². The minimum absolute atomic E-state index is 0.681. The van der Waals surface area contributed by atoms with Crippen LogP contribution in [-0.2, 0) is 7.05 Å². The highest BCUT2D eigenvalue weighted by Crippen LogP contribution is 2.03. The highest BCUT2D eigenvalue weighted by molar-refractivity contribution is 5.64. The number of fused-ring (bicyclic) bond motifs is 1. The summed E-state index contributed by atoms with van der Waals surface area (Å²) in [6, 6.07) is 0. The Hall–Kier alpha value is -1.39. The standard InChI is InChI=1S/C5H7N5/c1-3-6-4-5(7-3)10(2)9-8-4/h1-2H3,(H,6,7). The number of aryl methyl sites for hydroxylation is 2. The van der Waals surface area contributed by atoms with E-state index in [4.69, 9.17) is 0 Å². The molecule has 0 saturated carbocycles.